The van der Waals surface area contributed by atoms with E-state index in [1.807, 2.05) is 6.92 Å². The first-order valence-electron chi connectivity index (χ1n) is 8.89. The highest BCUT2D eigenvalue weighted by atomic mass is 32.2. The van der Waals surface area contributed by atoms with Crippen LogP contribution in [-0.2, 0) is 19.6 Å². The molecule has 156 valence electrons. The Kier molecular flexibility index (Phi) is 6.13. The standard InChI is InChI=1S/C18H23N5O5S/c1-12-4-5-13(29(25,26)23-6-8-28-9-7-23)10-14(12)15-11-20-17(19)16(21-15)18(24)22(2)27-3/h4-5,10-11H,6-9H2,1-3H3,(H2,19,20). The minimum absolute atomic E-state index is 0.0441. The third kappa shape index (κ3) is 4.22. The van der Waals surface area contributed by atoms with E-state index in [0.717, 1.165) is 10.6 Å². The highest BCUT2D eigenvalue weighted by Crippen LogP contribution is 2.27. The number of nitrogens with two attached hydrogens (primary N) is 1. The van der Waals surface area contributed by atoms with E-state index in [0.29, 0.717) is 37.6 Å². The lowest BCUT2D eigenvalue weighted by atomic mass is 10.1. The topological polar surface area (TPSA) is 128 Å². The zero-order valence-corrected chi connectivity index (χ0v) is 17.3. The molecule has 1 amide bonds. The Morgan fingerprint density at radius 3 is 2.66 bits per heavy atom. The molecule has 0 radical (unpaired) electrons. The van der Waals surface area contributed by atoms with E-state index in [4.69, 9.17) is 15.3 Å². The molecule has 0 bridgehead atoms. The zero-order chi connectivity index (χ0) is 21.2. The van der Waals surface area contributed by atoms with Crippen molar-refractivity contribution >= 4 is 21.7 Å². The molecule has 11 heteroatoms. The van der Waals surface area contributed by atoms with E-state index in [-0.39, 0.29) is 16.4 Å². The number of hydrogen-bond acceptors (Lipinski definition) is 8. The van der Waals surface area contributed by atoms with Crippen LogP contribution in [0.1, 0.15) is 16.1 Å². The minimum atomic E-state index is -3.68. The summed E-state index contributed by atoms with van der Waals surface area (Å²) in [7, 11) is -0.906. The summed E-state index contributed by atoms with van der Waals surface area (Å²) in [5.74, 6) is -0.605. The van der Waals surface area contributed by atoms with Gasteiger partial charge in [0.1, 0.15) is 0 Å². The van der Waals surface area contributed by atoms with Gasteiger partial charge in [-0.3, -0.25) is 9.63 Å². The summed E-state index contributed by atoms with van der Waals surface area (Å²) in [6.45, 7) is 3.14. The van der Waals surface area contributed by atoms with Crippen LogP contribution >= 0.6 is 0 Å². The Balaban J connectivity index is 2.04. The molecule has 0 spiro atoms. The monoisotopic (exact) mass is 421 g/mol. The summed E-state index contributed by atoms with van der Waals surface area (Å²) in [4.78, 5) is 25.8. The third-order valence-corrected chi connectivity index (χ3v) is 6.55. The number of rotatable bonds is 5. The van der Waals surface area contributed by atoms with Crippen LogP contribution in [-0.4, -0.2) is 74.1 Å². The fraction of sp³-hybridized carbons (Fsp3) is 0.389. The van der Waals surface area contributed by atoms with Crippen molar-refractivity contribution in [1.29, 1.82) is 0 Å². The first-order chi connectivity index (χ1) is 13.8. The number of anilines is 1. The van der Waals surface area contributed by atoms with Gasteiger partial charge in [-0.15, -0.1) is 0 Å². The Hall–Kier alpha value is -2.60. The Labute approximate surface area is 169 Å². The molecule has 1 fully saturated rings. The molecule has 2 aromatic rings. The van der Waals surface area contributed by atoms with E-state index in [1.54, 1.807) is 12.1 Å². The fourth-order valence-corrected chi connectivity index (χ4v) is 4.33. The van der Waals surface area contributed by atoms with E-state index in [2.05, 4.69) is 9.97 Å². The molecule has 0 atom stereocenters. The summed E-state index contributed by atoms with van der Waals surface area (Å²) < 4.78 is 32.6. The third-order valence-electron chi connectivity index (χ3n) is 4.66. The number of morpholine rings is 1. The van der Waals surface area contributed by atoms with E-state index < -0.39 is 15.9 Å². The van der Waals surface area contributed by atoms with Crippen LogP contribution in [0.3, 0.4) is 0 Å². The van der Waals surface area contributed by atoms with Crippen LogP contribution in [0.5, 0.6) is 0 Å². The second kappa shape index (κ2) is 8.41. The van der Waals surface area contributed by atoms with Gasteiger partial charge in [-0.25, -0.2) is 23.4 Å². The number of carbonyl (C=O) groups is 1. The molecule has 0 saturated carbocycles. The molecule has 1 saturated heterocycles. The lowest BCUT2D eigenvalue weighted by Crippen LogP contribution is -2.40. The molecule has 2 N–H and O–H groups in total. The van der Waals surface area contributed by atoms with Crippen molar-refractivity contribution in [1.82, 2.24) is 19.3 Å². The van der Waals surface area contributed by atoms with Crippen molar-refractivity contribution in [3.05, 3.63) is 35.7 Å². The van der Waals surface area contributed by atoms with Gasteiger partial charge in [-0.05, 0) is 24.6 Å². The molecular formula is C18H23N5O5S. The summed E-state index contributed by atoms with van der Waals surface area (Å²) in [5, 5.41) is 0.982. The van der Waals surface area contributed by atoms with Crippen molar-refractivity contribution in [3.8, 4) is 11.3 Å². The molecular weight excluding hydrogens is 398 g/mol. The predicted molar refractivity (Wildman–Crippen MR) is 105 cm³/mol. The van der Waals surface area contributed by atoms with Gasteiger partial charge < -0.3 is 10.5 Å². The zero-order valence-electron chi connectivity index (χ0n) is 16.5. The Bertz CT molecular complexity index is 1020. The second-order valence-electron chi connectivity index (χ2n) is 6.47. The molecule has 1 aliphatic heterocycles. The highest BCUT2D eigenvalue weighted by Gasteiger charge is 2.27. The first kappa shape index (κ1) is 21.1. The predicted octanol–water partition coefficient (Wildman–Crippen LogP) is 0.689. The van der Waals surface area contributed by atoms with Crippen LogP contribution in [0.25, 0.3) is 11.3 Å². The largest absolute Gasteiger partial charge is 0.382 e. The number of carbonyl (C=O) groups excluding carboxylic acids is 1. The summed E-state index contributed by atoms with van der Waals surface area (Å²) in [5.41, 5.74) is 7.39. The van der Waals surface area contributed by atoms with Gasteiger partial charge in [-0.1, -0.05) is 6.07 Å². The van der Waals surface area contributed by atoms with Crippen molar-refractivity contribution in [3.63, 3.8) is 0 Å². The quantitative estimate of drug-likeness (QED) is 0.699. The normalized spacial score (nSPS) is 15.3. The maximum atomic E-state index is 13.0. The summed E-state index contributed by atoms with van der Waals surface area (Å²) >= 11 is 0. The molecule has 10 nitrogen and oxygen atoms in total. The molecule has 1 aliphatic rings. The second-order valence-corrected chi connectivity index (χ2v) is 8.41. The van der Waals surface area contributed by atoms with Crippen LogP contribution in [0.15, 0.2) is 29.3 Å². The molecule has 0 unspecified atom stereocenters. The average molecular weight is 421 g/mol. The van der Waals surface area contributed by atoms with Crippen LogP contribution in [0.2, 0.25) is 0 Å². The maximum absolute atomic E-state index is 13.0. The molecule has 3 rings (SSSR count). The minimum Gasteiger partial charge on any atom is -0.382 e. The lowest BCUT2D eigenvalue weighted by molar-refractivity contribution is -0.0759. The molecule has 2 heterocycles. The lowest BCUT2D eigenvalue weighted by Gasteiger charge is -2.26. The molecule has 1 aromatic carbocycles. The number of nitrogens with zero attached hydrogens (tertiary/aromatic N) is 4. The van der Waals surface area contributed by atoms with Crippen molar-refractivity contribution in [2.24, 2.45) is 0 Å². The smallest absolute Gasteiger partial charge is 0.299 e. The van der Waals surface area contributed by atoms with Gasteiger partial charge >= 0.3 is 0 Å². The average Bonchev–Trinajstić information content (AvgIpc) is 2.74. The summed E-state index contributed by atoms with van der Waals surface area (Å²) in [6, 6.07) is 4.79. The number of hydrogen-bond donors (Lipinski definition) is 1. The molecule has 29 heavy (non-hydrogen) atoms. The number of sulfonamides is 1. The van der Waals surface area contributed by atoms with E-state index >= 15 is 0 Å². The number of hydroxylamine groups is 2. The first-order valence-corrected chi connectivity index (χ1v) is 10.3. The van der Waals surface area contributed by atoms with Crippen LogP contribution in [0, 0.1) is 6.92 Å². The molecule has 0 aliphatic carbocycles. The Morgan fingerprint density at radius 2 is 2.00 bits per heavy atom. The fourth-order valence-electron chi connectivity index (χ4n) is 2.89. The highest BCUT2D eigenvalue weighted by molar-refractivity contribution is 7.89. The SMILES string of the molecule is CON(C)C(=O)c1nc(-c2cc(S(=O)(=O)N3CCOCC3)ccc2C)cnc1N. The van der Waals surface area contributed by atoms with Crippen molar-refractivity contribution < 1.29 is 22.8 Å². The van der Waals surface area contributed by atoms with Crippen molar-refractivity contribution in [2.75, 3.05) is 46.2 Å². The van der Waals surface area contributed by atoms with Gasteiger partial charge in [-0.2, -0.15) is 4.31 Å². The van der Waals surface area contributed by atoms with Crippen molar-refractivity contribution in [2.45, 2.75) is 11.8 Å². The van der Waals surface area contributed by atoms with Gasteiger partial charge in [0.15, 0.2) is 11.5 Å². The maximum Gasteiger partial charge on any atom is 0.299 e. The van der Waals surface area contributed by atoms with Crippen LogP contribution < -0.4 is 5.73 Å². The van der Waals surface area contributed by atoms with E-state index in [1.165, 1.54) is 30.7 Å². The van der Waals surface area contributed by atoms with E-state index in [9.17, 15) is 13.2 Å². The van der Waals surface area contributed by atoms with Gasteiger partial charge in [0.05, 0.1) is 37.1 Å². The number of amides is 1. The van der Waals surface area contributed by atoms with Crippen LogP contribution in [0.4, 0.5) is 5.82 Å². The Morgan fingerprint density at radius 1 is 1.31 bits per heavy atom. The van der Waals surface area contributed by atoms with Gasteiger partial charge in [0, 0.05) is 25.7 Å². The number of ether oxygens (including phenoxy) is 1. The summed E-state index contributed by atoms with van der Waals surface area (Å²) in [6.07, 6.45) is 1.41. The number of benzene rings is 1. The number of aromatic nitrogens is 2. The number of aryl methyl sites for hydroxylation is 1. The van der Waals surface area contributed by atoms with Gasteiger partial charge in [0.2, 0.25) is 10.0 Å². The van der Waals surface area contributed by atoms with Gasteiger partial charge in [0.25, 0.3) is 5.91 Å². The molecule has 1 aromatic heterocycles. The number of nitrogen functional groups attached to an aromatic ring is 1.